The van der Waals surface area contributed by atoms with E-state index >= 15 is 8.78 Å². The molecule has 0 bridgehead atoms. The fourth-order valence-corrected chi connectivity index (χ4v) is 8.81. The molecule has 10 nitrogen and oxygen atoms in total. The number of carboxylic acid groups (broad SMARTS) is 1. The van der Waals surface area contributed by atoms with E-state index in [4.69, 9.17) is 32.7 Å². The highest BCUT2D eigenvalue weighted by atomic mass is 35.5. The van der Waals surface area contributed by atoms with Crippen LogP contribution >= 0.6 is 34.5 Å². The zero-order valence-electron chi connectivity index (χ0n) is 25.7. The van der Waals surface area contributed by atoms with Gasteiger partial charge in [0.15, 0.2) is 11.6 Å². The molecule has 0 saturated carbocycles. The fraction of sp³-hybridized carbons (Fsp3) is 0.375. The highest BCUT2D eigenvalue weighted by Crippen LogP contribution is 2.52. The number of amides is 1. The molecule has 1 amide bonds. The second-order valence-electron chi connectivity index (χ2n) is 12.2. The van der Waals surface area contributed by atoms with Crippen molar-refractivity contribution in [3.63, 3.8) is 0 Å². The van der Waals surface area contributed by atoms with Crippen LogP contribution in [0.3, 0.4) is 0 Å². The van der Waals surface area contributed by atoms with E-state index in [9.17, 15) is 28.3 Å². The Morgan fingerprint density at radius 2 is 2.10 bits per heavy atom. The minimum atomic E-state index is -2.92. The lowest BCUT2D eigenvalue weighted by Crippen LogP contribution is -2.44. The Bertz CT molecular complexity index is 2130. The summed E-state index contributed by atoms with van der Waals surface area (Å²) in [6.07, 6.45) is -3.87. The normalized spacial score (nSPS) is 21.7. The zero-order chi connectivity index (χ0) is 35.6. The predicted molar refractivity (Wildman–Crippen MR) is 178 cm³/mol. The van der Waals surface area contributed by atoms with Crippen LogP contribution in [-0.2, 0) is 0 Å². The molecule has 3 aliphatic rings. The number of nitrogens with one attached hydrogen (secondary N) is 1. The Hall–Kier alpha value is -4.17. The average Bonchev–Trinajstić information content (AvgIpc) is 3.67. The Kier molecular flexibility index (Phi) is 8.82. The average molecular weight is 756 g/mol. The van der Waals surface area contributed by atoms with E-state index in [-0.39, 0.29) is 79.4 Å². The molecule has 2 aromatic carbocycles. The van der Waals surface area contributed by atoms with Gasteiger partial charge in [-0.05, 0) is 31.0 Å². The topological polar surface area (TPSA) is 124 Å². The van der Waals surface area contributed by atoms with Gasteiger partial charge < -0.3 is 19.5 Å². The molecule has 2 fully saturated rings. The molecule has 3 atom stereocenters. The molecule has 2 N–H and O–H groups in total. The first-order valence-corrected chi connectivity index (χ1v) is 16.8. The Morgan fingerprint density at radius 1 is 1.32 bits per heavy atom. The maximum absolute atomic E-state index is 17.1. The number of nitriles is 1. The molecule has 0 radical (unpaired) electrons. The van der Waals surface area contributed by atoms with Gasteiger partial charge in [0.25, 0.3) is 6.43 Å². The molecule has 3 aliphatic heterocycles. The lowest BCUT2D eigenvalue weighted by atomic mass is 9.95. The standard InChI is InChI=1S/C32H25Cl2F5N6O4S/c1-13(33)18-11-48-26-22-25(24(39)21(23(26)34)15-3-4-17(36)27-20(15)16(8-40)29(50-27)43-31(46)47)41-30(42-28(22)45(18)10-19(37)38)49-12-32-5-2-6-44(32)9-14(35)7-32/h3-4,14,18-19,43H,1-2,5-7,9-12H2,(H,46,47)/t14-,18-,32+/m1/s1. The highest BCUT2D eigenvalue weighted by molar-refractivity contribution is 7.23. The van der Waals surface area contributed by atoms with E-state index < -0.39 is 65.5 Å². The van der Waals surface area contributed by atoms with Crippen LogP contribution in [0.4, 0.5) is 37.6 Å². The van der Waals surface area contributed by atoms with Crippen molar-refractivity contribution in [3.05, 3.63) is 46.0 Å². The van der Waals surface area contributed by atoms with Crippen molar-refractivity contribution in [2.45, 2.75) is 43.4 Å². The quantitative estimate of drug-likeness (QED) is 0.173. The number of halogens is 7. The molecule has 262 valence electrons. The molecule has 0 unspecified atom stereocenters. The molecule has 0 spiro atoms. The van der Waals surface area contributed by atoms with Crippen LogP contribution in [0.5, 0.6) is 11.8 Å². The van der Waals surface area contributed by atoms with Gasteiger partial charge in [-0.3, -0.25) is 10.2 Å². The first-order valence-electron chi connectivity index (χ1n) is 15.3. The molecule has 18 heteroatoms. The van der Waals surface area contributed by atoms with E-state index in [0.717, 1.165) is 17.4 Å². The van der Waals surface area contributed by atoms with Crippen LogP contribution < -0.4 is 19.7 Å². The lowest BCUT2D eigenvalue weighted by molar-refractivity contribution is 0.107. The molecule has 5 heterocycles. The largest absolute Gasteiger partial charge is 0.489 e. The summed E-state index contributed by atoms with van der Waals surface area (Å²) in [4.78, 5) is 23.3. The minimum Gasteiger partial charge on any atom is -0.489 e. The first-order chi connectivity index (χ1) is 23.8. The first kappa shape index (κ1) is 34.3. The van der Waals surface area contributed by atoms with E-state index in [1.807, 2.05) is 11.0 Å². The number of benzene rings is 2. The number of rotatable bonds is 8. The third-order valence-electron chi connectivity index (χ3n) is 9.30. The van der Waals surface area contributed by atoms with E-state index in [2.05, 4.69) is 21.9 Å². The van der Waals surface area contributed by atoms with Gasteiger partial charge in [0.05, 0.1) is 38.8 Å². The lowest BCUT2D eigenvalue weighted by Gasteiger charge is -2.32. The Balaban J connectivity index is 1.48. The molecular weight excluding hydrogens is 730 g/mol. The van der Waals surface area contributed by atoms with E-state index in [1.165, 1.54) is 6.07 Å². The second-order valence-corrected chi connectivity index (χ2v) is 14.1. The van der Waals surface area contributed by atoms with Gasteiger partial charge in [-0.15, -0.1) is 11.3 Å². The molecule has 0 aliphatic carbocycles. The Labute approximate surface area is 294 Å². The number of aromatic nitrogens is 2. The molecular formula is C32H25Cl2F5N6O4S. The Morgan fingerprint density at radius 3 is 2.80 bits per heavy atom. The van der Waals surface area contributed by atoms with Gasteiger partial charge in [0, 0.05) is 28.9 Å². The van der Waals surface area contributed by atoms with Gasteiger partial charge in [-0.2, -0.15) is 15.2 Å². The number of nitrogens with zero attached hydrogens (tertiary/aromatic N) is 5. The summed E-state index contributed by atoms with van der Waals surface area (Å²) in [7, 11) is 0. The van der Waals surface area contributed by atoms with Crippen LogP contribution in [-0.4, -0.2) is 83.1 Å². The minimum absolute atomic E-state index is 0.0668. The maximum atomic E-state index is 17.1. The van der Waals surface area contributed by atoms with Crippen LogP contribution in [0, 0.1) is 23.0 Å². The van der Waals surface area contributed by atoms with Crippen molar-refractivity contribution in [2.75, 3.05) is 43.1 Å². The van der Waals surface area contributed by atoms with Crippen LogP contribution in [0.15, 0.2) is 23.7 Å². The fourth-order valence-electron chi connectivity index (χ4n) is 7.22. The van der Waals surface area contributed by atoms with Crippen molar-refractivity contribution in [1.29, 1.82) is 5.26 Å². The van der Waals surface area contributed by atoms with Crippen LogP contribution in [0.1, 0.15) is 24.8 Å². The third-order valence-corrected chi connectivity index (χ3v) is 11.0. The molecule has 4 aromatic rings. The number of anilines is 2. The van der Waals surface area contributed by atoms with Gasteiger partial charge >= 0.3 is 12.1 Å². The number of alkyl halides is 3. The van der Waals surface area contributed by atoms with Crippen molar-refractivity contribution < 1.29 is 41.3 Å². The molecule has 2 aromatic heterocycles. The van der Waals surface area contributed by atoms with E-state index in [1.54, 1.807) is 0 Å². The monoisotopic (exact) mass is 754 g/mol. The molecule has 2 saturated heterocycles. The summed E-state index contributed by atoms with van der Waals surface area (Å²) >= 11 is 13.8. The summed E-state index contributed by atoms with van der Waals surface area (Å²) in [5.41, 5.74) is -1.92. The molecule has 50 heavy (non-hydrogen) atoms. The number of carbonyl (C=O) groups is 1. The smallest absolute Gasteiger partial charge is 0.409 e. The number of hydrogen-bond donors (Lipinski definition) is 2. The summed E-state index contributed by atoms with van der Waals surface area (Å²) in [6.45, 7) is 3.23. The summed E-state index contributed by atoms with van der Waals surface area (Å²) in [5.74, 6) is -2.39. The predicted octanol–water partition coefficient (Wildman–Crippen LogP) is 7.94. The molecule has 7 rings (SSSR count). The van der Waals surface area contributed by atoms with Gasteiger partial charge in [0.1, 0.15) is 47.6 Å². The van der Waals surface area contributed by atoms with Gasteiger partial charge in [-0.25, -0.2) is 26.7 Å². The highest BCUT2D eigenvalue weighted by Gasteiger charge is 2.49. The maximum Gasteiger partial charge on any atom is 0.409 e. The summed E-state index contributed by atoms with van der Waals surface area (Å²) < 4.78 is 86.9. The summed E-state index contributed by atoms with van der Waals surface area (Å²) in [5, 5.41) is 20.4. The van der Waals surface area contributed by atoms with Gasteiger partial charge in [0.2, 0.25) is 0 Å². The second kappa shape index (κ2) is 12.9. The number of ether oxygens (including phenoxy) is 2. The van der Waals surface area contributed by atoms with Crippen LogP contribution in [0.2, 0.25) is 5.02 Å². The van der Waals surface area contributed by atoms with Gasteiger partial charge in [-0.1, -0.05) is 35.8 Å². The number of hydrogen-bond acceptors (Lipinski definition) is 9. The van der Waals surface area contributed by atoms with Crippen molar-refractivity contribution in [2.24, 2.45) is 0 Å². The third kappa shape index (κ3) is 5.60. The number of thiophene rings is 1. The zero-order valence-corrected chi connectivity index (χ0v) is 28.0. The number of fused-ring (bicyclic) bond motifs is 2. The summed E-state index contributed by atoms with van der Waals surface area (Å²) in [6, 6.07) is 2.51. The van der Waals surface area contributed by atoms with E-state index in [0.29, 0.717) is 24.3 Å². The van der Waals surface area contributed by atoms with Crippen molar-refractivity contribution in [1.82, 2.24) is 14.9 Å². The van der Waals surface area contributed by atoms with Crippen molar-refractivity contribution >= 4 is 72.4 Å². The SMILES string of the molecule is C=C(Cl)[C@H]1COc2c(Cl)c(-c3ccc(F)c4sc(NC(=O)O)c(C#N)c34)c(F)c3nc(OC[C@@]45CCCN4C[C@H](F)C5)nc(c23)N1CC(F)F. The van der Waals surface area contributed by atoms with Crippen LogP contribution in [0.25, 0.3) is 32.1 Å². The van der Waals surface area contributed by atoms with Crippen molar-refractivity contribution in [3.8, 4) is 29.0 Å².